The molecule has 1 aliphatic rings. The summed E-state index contributed by atoms with van der Waals surface area (Å²) >= 11 is 0. The highest BCUT2D eigenvalue weighted by molar-refractivity contribution is 5.89. The fourth-order valence-corrected chi connectivity index (χ4v) is 1.41. The number of nitrogens with one attached hydrogen (secondary N) is 1. The van der Waals surface area contributed by atoms with Crippen molar-refractivity contribution in [2.75, 3.05) is 7.11 Å². The fraction of sp³-hybridized carbons (Fsp3) is 0.444. The van der Waals surface area contributed by atoms with Crippen LogP contribution >= 0.6 is 0 Å². The van der Waals surface area contributed by atoms with Crippen molar-refractivity contribution in [3.63, 3.8) is 0 Å². The molecule has 0 aromatic carbocycles. The topological polar surface area (TPSA) is 81.5 Å². The molecule has 0 unspecified atom stereocenters. The van der Waals surface area contributed by atoms with Crippen LogP contribution in [0.1, 0.15) is 20.3 Å². The highest BCUT2D eigenvalue weighted by Crippen LogP contribution is 2.23. The molecule has 0 atom stereocenters. The molecule has 0 spiro atoms. The number of nitrogens with zero attached hydrogens (tertiary/aromatic N) is 1. The molecular formula is C9H12N2O4. The van der Waals surface area contributed by atoms with Gasteiger partial charge in [0.2, 0.25) is 0 Å². The standard InChI is InChI=1S/C9H12N2O4/c1-5-7(9(12)15-3)4-8(11(13)14)6(2)10-5/h10H,4H2,1-3H3. The lowest BCUT2D eigenvalue weighted by Gasteiger charge is -2.17. The molecule has 0 radical (unpaired) electrons. The number of esters is 1. The highest BCUT2D eigenvalue weighted by Gasteiger charge is 2.28. The summed E-state index contributed by atoms with van der Waals surface area (Å²) in [4.78, 5) is 21.5. The molecule has 0 saturated heterocycles. The van der Waals surface area contributed by atoms with Crippen molar-refractivity contribution in [1.82, 2.24) is 5.32 Å². The molecule has 1 rings (SSSR count). The summed E-state index contributed by atoms with van der Waals surface area (Å²) in [5.74, 6) is -0.535. The van der Waals surface area contributed by atoms with E-state index in [4.69, 9.17) is 0 Å². The SMILES string of the molecule is COC(=O)C1=C(C)NC(C)=C([N+](=O)[O-])C1. The largest absolute Gasteiger partial charge is 0.466 e. The normalized spacial score (nSPS) is 16.2. The first-order valence-corrected chi connectivity index (χ1v) is 4.36. The molecule has 15 heavy (non-hydrogen) atoms. The Labute approximate surface area is 86.8 Å². The number of ether oxygens (including phenoxy) is 1. The van der Waals surface area contributed by atoms with Crippen molar-refractivity contribution in [2.45, 2.75) is 20.3 Å². The van der Waals surface area contributed by atoms with Crippen LogP contribution in [0.3, 0.4) is 0 Å². The van der Waals surface area contributed by atoms with Crippen LogP contribution < -0.4 is 5.32 Å². The molecule has 0 fully saturated rings. The van der Waals surface area contributed by atoms with Crippen LogP contribution in [0.5, 0.6) is 0 Å². The maximum atomic E-state index is 11.3. The second-order valence-corrected chi connectivity index (χ2v) is 3.23. The van der Waals surface area contributed by atoms with E-state index in [1.807, 2.05) is 0 Å². The van der Waals surface area contributed by atoms with Gasteiger partial charge in [-0.05, 0) is 13.8 Å². The van der Waals surface area contributed by atoms with E-state index in [1.165, 1.54) is 7.11 Å². The minimum absolute atomic E-state index is 0.000926. The van der Waals surface area contributed by atoms with Gasteiger partial charge < -0.3 is 10.1 Å². The molecule has 0 amide bonds. The molecule has 0 saturated carbocycles. The van der Waals surface area contributed by atoms with Crippen LogP contribution in [-0.2, 0) is 9.53 Å². The fourth-order valence-electron chi connectivity index (χ4n) is 1.41. The van der Waals surface area contributed by atoms with Crippen LogP contribution in [0.25, 0.3) is 0 Å². The predicted molar refractivity (Wildman–Crippen MR) is 52.2 cm³/mol. The van der Waals surface area contributed by atoms with Crippen molar-refractivity contribution >= 4 is 5.97 Å². The van der Waals surface area contributed by atoms with E-state index < -0.39 is 10.9 Å². The lowest BCUT2D eigenvalue weighted by atomic mass is 10.0. The van der Waals surface area contributed by atoms with Crippen molar-refractivity contribution < 1.29 is 14.5 Å². The van der Waals surface area contributed by atoms with Crippen LogP contribution in [0.15, 0.2) is 22.7 Å². The number of dihydropyridines is 1. The summed E-state index contributed by atoms with van der Waals surface area (Å²) in [6.45, 7) is 3.29. The summed E-state index contributed by atoms with van der Waals surface area (Å²) in [6, 6.07) is 0. The van der Waals surface area contributed by atoms with E-state index in [0.717, 1.165) is 0 Å². The Morgan fingerprint density at radius 2 is 2.07 bits per heavy atom. The number of hydrogen-bond acceptors (Lipinski definition) is 5. The molecule has 6 nitrogen and oxygen atoms in total. The minimum atomic E-state index is -0.535. The average Bonchev–Trinajstić information content (AvgIpc) is 2.16. The monoisotopic (exact) mass is 212 g/mol. The summed E-state index contributed by atoms with van der Waals surface area (Å²) in [5, 5.41) is 13.5. The van der Waals surface area contributed by atoms with Gasteiger partial charge in [0, 0.05) is 5.70 Å². The first kappa shape index (κ1) is 11.2. The van der Waals surface area contributed by atoms with Crippen LogP contribution in [0.4, 0.5) is 0 Å². The summed E-state index contributed by atoms with van der Waals surface area (Å²) in [7, 11) is 1.25. The summed E-state index contributed by atoms with van der Waals surface area (Å²) in [6.07, 6.45) is 0.00431. The van der Waals surface area contributed by atoms with E-state index in [9.17, 15) is 14.9 Å². The van der Waals surface area contributed by atoms with Gasteiger partial charge in [0.05, 0.1) is 29.7 Å². The second-order valence-electron chi connectivity index (χ2n) is 3.23. The van der Waals surface area contributed by atoms with Gasteiger partial charge in [-0.25, -0.2) is 4.79 Å². The first-order valence-electron chi connectivity index (χ1n) is 4.36. The Morgan fingerprint density at radius 1 is 1.47 bits per heavy atom. The third-order valence-electron chi connectivity index (χ3n) is 2.26. The zero-order chi connectivity index (χ0) is 11.6. The van der Waals surface area contributed by atoms with E-state index in [0.29, 0.717) is 17.0 Å². The predicted octanol–water partition coefficient (Wildman–Crippen LogP) is 0.935. The van der Waals surface area contributed by atoms with Crippen LogP contribution in [-0.4, -0.2) is 18.0 Å². The third kappa shape index (κ3) is 2.15. The van der Waals surface area contributed by atoms with Gasteiger partial charge in [0.15, 0.2) is 0 Å². The Morgan fingerprint density at radius 3 is 2.53 bits per heavy atom. The molecule has 1 heterocycles. The number of hydrogen-bond donors (Lipinski definition) is 1. The van der Waals surface area contributed by atoms with Crippen LogP contribution in [0, 0.1) is 10.1 Å². The van der Waals surface area contributed by atoms with Crippen molar-refractivity contribution in [3.05, 3.63) is 32.8 Å². The Bertz CT molecular complexity index is 382. The van der Waals surface area contributed by atoms with Gasteiger partial charge in [-0.15, -0.1) is 0 Å². The number of nitro groups is 1. The molecule has 0 aliphatic carbocycles. The van der Waals surface area contributed by atoms with Crippen molar-refractivity contribution in [3.8, 4) is 0 Å². The minimum Gasteiger partial charge on any atom is -0.466 e. The van der Waals surface area contributed by atoms with Gasteiger partial charge in [-0.2, -0.15) is 0 Å². The molecule has 1 aliphatic heterocycles. The number of rotatable bonds is 2. The number of carbonyl (C=O) groups excluding carboxylic acids is 1. The van der Waals surface area contributed by atoms with Crippen LogP contribution in [0.2, 0.25) is 0 Å². The van der Waals surface area contributed by atoms with E-state index in [1.54, 1.807) is 13.8 Å². The number of carbonyl (C=O) groups is 1. The molecular weight excluding hydrogens is 200 g/mol. The summed E-state index contributed by atoms with van der Waals surface area (Å²) in [5.41, 5.74) is 1.37. The van der Waals surface area contributed by atoms with Gasteiger partial charge in [0.1, 0.15) is 0 Å². The zero-order valence-electron chi connectivity index (χ0n) is 8.79. The second kappa shape index (κ2) is 4.12. The third-order valence-corrected chi connectivity index (χ3v) is 2.26. The number of allylic oxidation sites excluding steroid dienone is 3. The quantitative estimate of drug-likeness (QED) is 0.418. The smallest absolute Gasteiger partial charge is 0.336 e. The van der Waals surface area contributed by atoms with Crippen molar-refractivity contribution in [1.29, 1.82) is 0 Å². The van der Waals surface area contributed by atoms with Gasteiger partial charge in [-0.1, -0.05) is 0 Å². The van der Waals surface area contributed by atoms with E-state index in [2.05, 4.69) is 10.1 Å². The Balaban J connectivity index is 3.00. The molecule has 1 N–H and O–H groups in total. The molecule has 0 bridgehead atoms. The zero-order valence-corrected chi connectivity index (χ0v) is 8.79. The maximum Gasteiger partial charge on any atom is 0.336 e. The van der Waals surface area contributed by atoms with E-state index in [-0.39, 0.29) is 12.1 Å². The highest BCUT2D eigenvalue weighted by atomic mass is 16.6. The number of methoxy groups -OCH3 is 1. The summed E-state index contributed by atoms with van der Waals surface area (Å²) < 4.78 is 4.54. The maximum absolute atomic E-state index is 11.3. The van der Waals surface area contributed by atoms with Gasteiger partial charge >= 0.3 is 5.97 Å². The van der Waals surface area contributed by atoms with Gasteiger partial charge in [0.25, 0.3) is 5.70 Å². The first-order chi connectivity index (χ1) is 6.97. The van der Waals surface area contributed by atoms with E-state index >= 15 is 0 Å². The lowest BCUT2D eigenvalue weighted by molar-refractivity contribution is -0.428. The molecule has 82 valence electrons. The molecule has 6 heteroatoms. The van der Waals surface area contributed by atoms with Crippen molar-refractivity contribution in [2.24, 2.45) is 0 Å². The lowest BCUT2D eigenvalue weighted by Crippen LogP contribution is -2.25. The molecule has 0 aromatic heterocycles. The Kier molecular flexibility index (Phi) is 3.08. The van der Waals surface area contributed by atoms with Gasteiger partial charge in [-0.3, -0.25) is 10.1 Å². The average molecular weight is 212 g/mol. The molecule has 0 aromatic rings. The Hall–Kier alpha value is -1.85.